The van der Waals surface area contributed by atoms with Gasteiger partial charge in [0.1, 0.15) is 5.41 Å². The number of nitrogens with zero attached hydrogens (tertiary/aromatic N) is 1. The third-order valence-corrected chi connectivity index (χ3v) is 4.84. The average molecular weight is 280 g/mol. The first-order valence-electron chi connectivity index (χ1n) is 8.24. The van der Waals surface area contributed by atoms with E-state index in [2.05, 4.69) is 5.32 Å². The molecule has 2 saturated carbocycles. The predicted octanol–water partition coefficient (Wildman–Crippen LogP) is 2.47. The summed E-state index contributed by atoms with van der Waals surface area (Å²) in [5, 5.41) is 3.16. The van der Waals surface area contributed by atoms with Crippen molar-refractivity contribution in [2.24, 2.45) is 5.41 Å². The van der Waals surface area contributed by atoms with E-state index in [1.54, 1.807) is 4.90 Å². The quantitative estimate of drug-likeness (QED) is 0.621. The van der Waals surface area contributed by atoms with E-state index in [4.69, 9.17) is 0 Å². The van der Waals surface area contributed by atoms with E-state index in [9.17, 15) is 9.59 Å². The smallest absolute Gasteiger partial charge is 0.238 e. The number of hydrogen-bond acceptors (Lipinski definition) is 2. The van der Waals surface area contributed by atoms with Crippen molar-refractivity contribution in [3.05, 3.63) is 0 Å². The largest absolute Gasteiger partial charge is 0.352 e. The molecule has 0 aliphatic heterocycles. The third kappa shape index (κ3) is 3.15. The van der Waals surface area contributed by atoms with Crippen molar-refractivity contribution in [1.82, 2.24) is 10.2 Å². The van der Waals surface area contributed by atoms with Crippen LogP contribution in [0.25, 0.3) is 0 Å². The molecule has 0 aromatic rings. The van der Waals surface area contributed by atoms with E-state index in [-0.39, 0.29) is 17.9 Å². The van der Waals surface area contributed by atoms with Crippen LogP contribution in [0.5, 0.6) is 0 Å². The molecule has 2 rings (SSSR count). The van der Waals surface area contributed by atoms with Crippen LogP contribution in [0.3, 0.4) is 0 Å². The summed E-state index contributed by atoms with van der Waals surface area (Å²) in [4.78, 5) is 26.8. The lowest BCUT2D eigenvalue weighted by Gasteiger charge is -2.26. The van der Waals surface area contributed by atoms with Gasteiger partial charge in [-0.25, -0.2) is 0 Å². The van der Waals surface area contributed by atoms with Gasteiger partial charge in [-0.05, 0) is 39.5 Å². The topological polar surface area (TPSA) is 49.4 Å². The fourth-order valence-corrected chi connectivity index (χ4v) is 3.22. The second-order valence-corrected chi connectivity index (χ2v) is 6.22. The Morgan fingerprint density at radius 3 is 2.05 bits per heavy atom. The number of carbonyl (C=O) groups excluding carboxylic acids is 2. The molecule has 2 aliphatic carbocycles. The van der Waals surface area contributed by atoms with Crippen molar-refractivity contribution < 1.29 is 9.59 Å². The highest BCUT2D eigenvalue weighted by Crippen LogP contribution is 2.47. The first-order chi connectivity index (χ1) is 9.64. The van der Waals surface area contributed by atoms with Crippen LogP contribution >= 0.6 is 0 Å². The minimum atomic E-state index is -0.724. The molecule has 2 amide bonds. The third-order valence-electron chi connectivity index (χ3n) is 4.84. The summed E-state index contributed by atoms with van der Waals surface area (Å²) >= 11 is 0. The molecule has 114 valence electrons. The van der Waals surface area contributed by atoms with Gasteiger partial charge in [0.15, 0.2) is 0 Å². The van der Waals surface area contributed by atoms with Crippen LogP contribution in [0, 0.1) is 5.41 Å². The molecule has 0 unspecified atom stereocenters. The zero-order valence-corrected chi connectivity index (χ0v) is 12.9. The summed E-state index contributed by atoms with van der Waals surface area (Å²) < 4.78 is 0. The molecule has 0 heterocycles. The number of carbonyl (C=O) groups is 2. The van der Waals surface area contributed by atoms with Crippen LogP contribution in [0.1, 0.15) is 65.2 Å². The number of hydrogen-bond donors (Lipinski definition) is 1. The highest BCUT2D eigenvalue weighted by molar-refractivity contribution is 6.07. The van der Waals surface area contributed by atoms with E-state index in [1.807, 2.05) is 13.8 Å². The molecule has 0 saturated heterocycles. The van der Waals surface area contributed by atoms with Crippen LogP contribution in [0.4, 0.5) is 0 Å². The standard InChI is InChI=1S/C16H28N2O2/c1-3-18(4-2)15(20)16(11-12-16)14(19)17-13-9-7-5-6-8-10-13/h13H,3-12H2,1-2H3,(H,17,19). The molecule has 0 aromatic heterocycles. The molecule has 4 heteroatoms. The lowest BCUT2D eigenvalue weighted by molar-refractivity contribution is -0.144. The van der Waals surface area contributed by atoms with Crippen molar-refractivity contribution in [2.75, 3.05) is 13.1 Å². The summed E-state index contributed by atoms with van der Waals surface area (Å²) in [7, 11) is 0. The minimum absolute atomic E-state index is 0.0127. The summed E-state index contributed by atoms with van der Waals surface area (Å²) in [5.41, 5.74) is -0.724. The Morgan fingerprint density at radius 2 is 1.60 bits per heavy atom. The molecule has 4 nitrogen and oxygen atoms in total. The Labute approximate surface area is 122 Å². The van der Waals surface area contributed by atoms with Crippen LogP contribution in [-0.2, 0) is 9.59 Å². The number of nitrogens with one attached hydrogen (secondary N) is 1. The average Bonchev–Trinajstić information content (AvgIpc) is 3.25. The van der Waals surface area contributed by atoms with Gasteiger partial charge in [-0.15, -0.1) is 0 Å². The summed E-state index contributed by atoms with van der Waals surface area (Å²) in [6.45, 7) is 5.32. The van der Waals surface area contributed by atoms with Gasteiger partial charge in [0.25, 0.3) is 0 Å². The second-order valence-electron chi connectivity index (χ2n) is 6.22. The molecule has 1 N–H and O–H groups in total. The van der Waals surface area contributed by atoms with Crippen molar-refractivity contribution in [3.8, 4) is 0 Å². The van der Waals surface area contributed by atoms with Gasteiger partial charge in [-0.1, -0.05) is 25.7 Å². The summed E-state index contributed by atoms with van der Waals surface area (Å²) in [6.07, 6.45) is 8.53. The van der Waals surface area contributed by atoms with Crippen LogP contribution < -0.4 is 5.32 Å². The molecule has 20 heavy (non-hydrogen) atoms. The fourth-order valence-electron chi connectivity index (χ4n) is 3.22. The second kappa shape index (κ2) is 6.59. The van der Waals surface area contributed by atoms with Gasteiger partial charge >= 0.3 is 0 Å². The number of amides is 2. The van der Waals surface area contributed by atoms with E-state index in [0.717, 1.165) is 25.7 Å². The lowest BCUT2D eigenvalue weighted by Crippen LogP contribution is -2.47. The maximum absolute atomic E-state index is 12.5. The highest BCUT2D eigenvalue weighted by Gasteiger charge is 2.57. The minimum Gasteiger partial charge on any atom is -0.352 e. The van der Waals surface area contributed by atoms with Gasteiger partial charge in [-0.3, -0.25) is 9.59 Å². The van der Waals surface area contributed by atoms with Gasteiger partial charge in [-0.2, -0.15) is 0 Å². The molecule has 0 spiro atoms. The first kappa shape index (κ1) is 15.3. The molecular formula is C16H28N2O2. The van der Waals surface area contributed by atoms with Crippen molar-refractivity contribution in [3.63, 3.8) is 0 Å². The van der Waals surface area contributed by atoms with Gasteiger partial charge in [0, 0.05) is 19.1 Å². The van der Waals surface area contributed by atoms with Gasteiger partial charge in [0.2, 0.25) is 11.8 Å². The number of rotatable bonds is 5. The van der Waals surface area contributed by atoms with Crippen LogP contribution in [0.2, 0.25) is 0 Å². The Morgan fingerprint density at radius 1 is 1.05 bits per heavy atom. The van der Waals surface area contributed by atoms with Gasteiger partial charge in [0.05, 0.1) is 0 Å². The Hall–Kier alpha value is -1.06. The molecule has 0 atom stereocenters. The zero-order chi connectivity index (χ0) is 14.6. The van der Waals surface area contributed by atoms with Crippen molar-refractivity contribution >= 4 is 11.8 Å². The van der Waals surface area contributed by atoms with Crippen LogP contribution in [0.15, 0.2) is 0 Å². The maximum Gasteiger partial charge on any atom is 0.238 e. The summed E-state index contributed by atoms with van der Waals surface area (Å²) in [5.74, 6) is 0.0231. The van der Waals surface area contributed by atoms with E-state index in [0.29, 0.717) is 13.1 Å². The predicted molar refractivity (Wildman–Crippen MR) is 79.2 cm³/mol. The van der Waals surface area contributed by atoms with E-state index < -0.39 is 5.41 Å². The Balaban J connectivity index is 1.95. The first-order valence-corrected chi connectivity index (χ1v) is 8.24. The lowest BCUT2D eigenvalue weighted by atomic mass is 10.0. The molecule has 0 radical (unpaired) electrons. The Bertz CT molecular complexity index is 351. The molecule has 0 aromatic carbocycles. The normalized spacial score (nSPS) is 21.9. The van der Waals surface area contributed by atoms with Gasteiger partial charge < -0.3 is 10.2 Å². The van der Waals surface area contributed by atoms with Crippen molar-refractivity contribution in [2.45, 2.75) is 71.3 Å². The van der Waals surface area contributed by atoms with E-state index in [1.165, 1.54) is 25.7 Å². The molecule has 2 aliphatic rings. The van der Waals surface area contributed by atoms with E-state index >= 15 is 0 Å². The summed E-state index contributed by atoms with van der Waals surface area (Å²) in [6, 6.07) is 0.284. The highest BCUT2D eigenvalue weighted by atomic mass is 16.2. The van der Waals surface area contributed by atoms with Crippen molar-refractivity contribution in [1.29, 1.82) is 0 Å². The molecule has 2 fully saturated rings. The maximum atomic E-state index is 12.5. The fraction of sp³-hybridized carbons (Fsp3) is 0.875. The zero-order valence-electron chi connectivity index (χ0n) is 12.9. The monoisotopic (exact) mass is 280 g/mol. The SMILES string of the molecule is CCN(CC)C(=O)C1(C(=O)NC2CCCCCC2)CC1. The van der Waals surface area contributed by atoms with Crippen LogP contribution in [-0.4, -0.2) is 35.8 Å². The Kier molecular flexibility index (Phi) is 5.06. The molecule has 0 bridgehead atoms. The molecular weight excluding hydrogens is 252 g/mol.